The van der Waals surface area contributed by atoms with E-state index in [0.717, 1.165) is 24.0 Å². The number of likely N-dealkylation sites (tertiary alicyclic amines) is 1. The first-order valence-corrected chi connectivity index (χ1v) is 7.16. The molecule has 1 aromatic carbocycles. The predicted molar refractivity (Wildman–Crippen MR) is 84.1 cm³/mol. The number of benzene rings is 1. The van der Waals surface area contributed by atoms with Crippen molar-refractivity contribution < 1.29 is 4.79 Å². The molecular formula is C13H17BrCl2N2O. The molecule has 2 rings (SSSR count). The van der Waals surface area contributed by atoms with Crippen molar-refractivity contribution >= 4 is 45.8 Å². The van der Waals surface area contributed by atoms with Gasteiger partial charge in [0.25, 0.3) is 5.91 Å². The fourth-order valence-electron chi connectivity index (χ4n) is 2.16. The summed E-state index contributed by atoms with van der Waals surface area (Å²) in [5, 5.41) is 0.612. The SMILES string of the molecule is CC1CN(C(=O)c2ccc(Cl)c(Br)c2)CCC1N.Cl. The summed E-state index contributed by atoms with van der Waals surface area (Å²) in [7, 11) is 0. The molecule has 1 amide bonds. The average molecular weight is 368 g/mol. The van der Waals surface area contributed by atoms with Crippen LogP contribution in [0.5, 0.6) is 0 Å². The number of rotatable bonds is 1. The van der Waals surface area contributed by atoms with Crippen LogP contribution in [0.15, 0.2) is 22.7 Å². The monoisotopic (exact) mass is 366 g/mol. The molecular weight excluding hydrogens is 351 g/mol. The zero-order valence-corrected chi connectivity index (χ0v) is 13.8. The summed E-state index contributed by atoms with van der Waals surface area (Å²) in [6.07, 6.45) is 0.863. The number of hydrogen-bond acceptors (Lipinski definition) is 2. The highest BCUT2D eigenvalue weighted by atomic mass is 79.9. The summed E-state index contributed by atoms with van der Waals surface area (Å²) in [4.78, 5) is 14.2. The quantitative estimate of drug-likeness (QED) is 0.827. The van der Waals surface area contributed by atoms with Gasteiger partial charge in [0.05, 0.1) is 5.02 Å². The summed E-state index contributed by atoms with van der Waals surface area (Å²) >= 11 is 9.26. The Morgan fingerprint density at radius 1 is 1.53 bits per heavy atom. The molecule has 1 heterocycles. The molecule has 1 aromatic rings. The van der Waals surface area contributed by atoms with E-state index in [1.165, 1.54) is 0 Å². The van der Waals surface area contributed by atoms with Gasteiger partial charge in [0.15, 0.2) is 0 Å². The summed E-state index contributed by atoms with van der Waals surface area (Å²) in [6, 6.07) is 5.46. The maximum absolute atomic E-state index is 12.3. The molecule has 1 aliphatic heterocycles. The van der Waals surface area contributed by atoms with E-state index in [9.17, 15) is 4.79 Å². The summed E-state index contributed by atoms with van der Waals surface area (Å²) in [5.41, 5.74) is 6.62. The van der Waals surface area contributed by atoms with Crippen LogP contribution in [0.1, 0.15) is 23.7 Å². The van der Waals surface area contributed by atoms with Crippen molar-refractivity contribution in [1.82, 2.24) is 4.90 Å². The fourth-order valence-corrected chi connectivity index (χ4v) is 2.66. The predicted octanol–water partition coefficient (Wildman–Crippen LogP) is 3.33. The lowest BCUT2D eigenvalue weighted by Crippen LogP contribution is -2.48. The Morgan fingerprint density at radius 2 is 2.21 bits per heavy atom. The van der Waals surface area contributed by atoms with Gasteiger partial charge in [-0.25, -0.2) is 0 Å². The Hall–Kier alpha value is -0.290. The maximum atomic E-state index is 12.3. The summed E-state index contributed by atoms with van der Waals surface area (Å²) < 4.78 is 0.747. The molecule has 1 saturated heterocycles. The van der Waals surface area contributed by atoms with Gasteiger partial charge in [-0.1, -0.05) is 18.5 Å². The minimum Gasteiger partial charge on any atom is -0.338 e. The van der Waals surface area contributed by atoms with Gasteiger partial charge >= 0.3 is 0 Å². The molecule has 0 spiro atoms. The smallest absolute Gasteiger partial charge is 0.253 e. The Morgan fingerprint density at radius 3 is 2.79 bits per heavy atom. The summed E-state index contributed by atoms with van der Waals surface area (Å²) in [6.45, 7) is 3.53. The minimum absolute atomic E-state index is 0. The molecule has 2 N–H and O–H groups in total. The van der Waals surface area contributed by atoms with E-state index < -0.39 is 0 Å². The number of carbonyl (C=O) groups excluding carboxylic acids is 1. The molecule has 2 unspecified atom stereocenters. The zero-order chi connectivity index (χ0) is 13.3. The van der Waals surface area contributed by atoms with Gasteiger partial charge in [-0.15, -0.1) is 12.4 Å². The molecule has 3 nitrogen and oxygen atoms in total. The van der Waals surface area contributed by atoms with Gasteiger partial charge in [-0.2, -0.15) is 0 Å². The standard InChI is InChI=1S/C13H16BrClN2O.ClH/c1-8-7-17(5-4-12(8)16)13(18)9-2-3-11(15)10(14)6-9;/h2-3,6,8,12H,4-5,7,16H2,1H3;1H. The highest BCUT2D eigenvalue weighted by molar-refractivity contribution is 9.10. The second kappa shape index (κ2) is 6.93. The van der Waals surface area contributed by atoms with E-state index in [1.807, 2.05) is 4.90 Å². The molecule has 0 saturated carbocycles. The Kier molecular flexibility index (Phi) is 6.12. The molecule has 0 aliphatic carbocycles. The van der Waals surface area contributed by atoms with E-state index in [-0.39, 0.29) is 24.4 Å². The Bertz CT molecular complexity index is 470. The number of carbonyl (C=O) groups is 1. The van der Waals surface area contributed by atoms with Crippen LogP contribution in [-0.2, 0) is 0 Å². The molecule has 0 radical (unpaired) electrons. The van der Waals surface area contributed by atoms with Crippen LogP contribution in [0.2, 0.25) is 5.02 Å². The first-order chi connectivity index (χ1) is 8.49. The van der Waals surface area contributed by atoms with Crippen LogP contribution in [0.3, 0.4) is 0 Å². The normalized spacial score (nSPS) is 22.8. The Labute approximate surface area is 133 Å². The van der Waals surface area contributed by atoms with Gasteiger partial charge in [-0.05, 0) is 46.5 Å². The lowest BCUT2D eigenvalue weighted by molar-refractivity contribution is 0.0664. The van der Waals surface area contributed by atoms with Crippen LogP contribution >= 0.6 is 39.9 Å². The molecule has 2 atom stereocenters. The third-order valence-corrected chi connectivity index (χ3v) is 4.64. The molecule has 0 bridgehead atoms. The topological polar surface area (TPSA) is 46.3 Å². The Balaban J connectivity index is 0.00000180. The molecule has 106 valence electrons. The number of amides is 1. The maximum Gasteiger partial charge on any atom is 0.253 e. The van der Waals surface area contributed by atoms with Crippen molar-refractivity contribution in [2.24, 2.45) is 11.7 Å². The van der Waals surface area contributed by atoms with Gasteiger partial charge in [0.2, 0.25) is 0 Å². The van der Waals surface area contributed by atoms with Crippen LogP contribution in [-0.4, -0.2) is 29.9 Å². The number of hydrogen-bond donors (Lipinski definition) is 1. The van der Waals surface area contributed by atoms with Gasteiger partial charge < -0.3 is 10.6 Å². The number of nitrogens with zero attached hydrogens (tertiary/aromatic N) is 1. The van der Waals surface area contributed by atoms with Crippen molar-refractivity contribution in [3.63, 3.8) is 0 Å². The van der Waals surface area contributed by atoms with Crippen molar-refractivity contribution in [1.29, 1.82) is 0 Å². The van der Waals surface area contributed by atoms with Crippen LogP contribution in [0.25, 0.3) is 0 Å². The minimum atomic E-state index is 0. The molecule has 6 heteroatoms. The fraction of sp³-hybridized carbons (Fsp3) is 0.462. The van der Waals surface area contributed by atoms with Crippen molar-refractivity contribution in [3.05, 3.63) is 33.3 Å². The number of piperidine rings is 1. The molecule has 1 fully saturated rings. The van der Waals surface area contributed by atoms with E-state index in [1.54, 1.807) is 18.2 Å². The summed E-state index contributed by atoms with van der Waals surface area (Å²) in [5.74, 6) is 0.393. The van der Waals surface area contributed by atoms with Gasteiger partial charge in [0.1, 0.15) is 0 Å². The lowest BCUT2D eigenvalue weighted by atomic mass is 9.94. The van der Waals surface area contributed by atoms with E-state index in [0.29, 0.717) is 16.5 Å². The first kappa shape index (κ1) is 16.8. The molecule has 1 aliphatic rings. The van der Waals surface area contributed by atoms with E-state index in [4.69, 9.17) is 17.3 Å². The highest BCUT2D eigenvalue weighted by Gasteiger charge is 2.26. The molecule has 19 heavy (non-hydrogen) atoms. The van der Waals surface area contributed by atoms with Gasteiger partial charge in [0, 0.05) is 29.2 Å². The zero-order valence-electron chi connectivity index (χ0n) is 10.6. The van der Waals surface area contributed by atoms with Crippen molar-refractivity contribution in [2.75, 3.05) is 13.1 Å². The van der Waals surface area contributed by atoms with Gasteiger partial charge in [-0.3, -0.25) is 4.79 Å². The third-order valence-electron chi connectivity index (χ3n) is 3.43. The van der Waals surface area contributed by atoms with Crippen molar-refractivity contribution in [3.8, 4) is 0 Å². The second-order valence-electron chi connectivity index (χ2n) is 4.81. The van der Waals surface area contributed by atoms with Crippen LogP contribution in [0.4, 0.5) is 0 Å². The van der Waals surface area contributed by atoms with E-state index >= 15 is 0 Å². The highest BCUT2D eigenvalue weighted by Crippen LogP contribution is 2.25. The van der Waals surface area contributed by atoms with Crippen LogP contribution in [0, 0.1) is 5.92 Å². The largest absolute Gasteiger partial charge is 0.338 e. The van der Waals surface area contributed by atoms with E-state index in [2.05, 4.69) is 22.9 Å². The van der Waals surface area contributed by atoms with Crippen LogP contribution < -0.4 is 5.73 Å². The molecule has 0 aromatic heterocycles. The first-order valence-electron chi connectivity index (χ1n) is 5.99. The third kappa shape index (κ3) is 3.85. The number of nitrogens with two attached hydrogens (primary N) is 1. The van der Waals surface area contributed by atoms with Crippen molar-refractivity contribution in [2.45, 2.75) is 19.4 Å². The second-order valence-corrected chi connectivity index (χ2v) is 6.07. The number of halogens is 3. The lowest BCUT2D eigenvalue weighted by Gasteiger charge is -2.35. The average Bonchev–Trinajstić information content (AvgIpc) is 2.35.